The molecule has 0 saturated heterocycles. The summed E-state index contributed by atoms with van der Waals surface area (Å²) in [6, 6.07) is 0. The van der Waals surface area contributed by atoms with E-state index in [1.807, 2.05) is 10.6 Å². The van der Waals surface area contributed by atoms with Crippen molar-refractivity contribution in [2.45, 2.75) is 26.1 Å². The van der Waals surface area contributed by atoms with E-state index in [-0.39, 0.29) is 12.7 Å². The van der Waals surface area contributed by atoms with Crippen LogP contribution in [0.1, 0.15) is 13.8 Å². The topological polar surface area (TPSA) is 142 Å². The molecule has 0 saturated carbocycles. The fourth-order valence-electron chi connectivity index (χ4n) is 0.590. The molecule has 0 aliphatic rings. The molecule has 23 heavy (non-hydrogen) atoms. The molecule has 0 aliphatic carbocycles. The Morgan fingerprint density at radius 1 is 1.09 bits per heavy atom. The molecule has 0 aromatic heterocycles. The fraction of sp³-hybridized carbons (Fsp3) is 0.429. The number of hydrogen-bond acceptors (Lipinski definition) is 7. The van der Waals surface area contributed by atoms with Crippen molar-refractivity contribution >= 4 is 24.6 Å². The molecular formula is C14H24N2O7. The van der Waals surface area contributed by atoms with E-state index < -0.39 is 17.9 Å². The van der Waals surface area contributed by atoms with Gasteiger partial charge in [0.25, 0.3) is 0 Å². The molecule has 2 unspecified atom stereocenters. The Morgan fingerprint density at radius 3 is 1.65 bits per heavy atom. The van der Waals surface area contributed by atoms with Crippen molar-refractivity contribution in [1.82, 2.24) is 10.6 Å². The summed E-state index contributed by atoms with van der Waals surface area (Å²) in [5.74, 6) is -0.954. The smallest absolute Gasteiger partial charge is 0.249 e. The van der Waals surface area contributed by atoms with Crippen molar-refractivity contribution < 1.29 is 34.1 Å². The Balaban J connectivity index is -0.000000264. The van der Waals surface area contributed by atoms with Gasteiger partial charge in [0, 0.05) is 0 Å². The highest BCUT2D eigenvalue weighted by atomic mass is 16.5. The number of carbonyl (C=O) groups excluding carboxylic acids is 4. The number of amides is 4. The van der Waals surface area contributed by atoms with Crippen molar-refractivity contribution in [3.05, 3.63) is 25.3 Å². The van der Waals surface area contributed by atoms with Crippen molar-refractivity contribution in [2.24, 2.45) is 0 Å². The molecule has 4 N–H and O–H groups in total. The molecule has 132 valence electrons. The minimum Gasteiger partial charge on any atom is -0.394 e. The standard InChI is InChI=1S/C6H14O3.2C4H5NO2/c1-5(8)4-9-6(2)3-7;2*1-2-4(7)5-3-6/h5-8H,3-4H2,1-2H3;2*2-3H,1H2,(H,5,6,7). The largest absolute Gasteiger partial charge is 0.394 e. The van der Waals surface area contributed by atoms with Gasteiger partial charge in [0.1, 0.15) is 0 Å². The van der Waals surface area contributed by atoms with E-state index in [0.29, 0.717) is 19.4 Å². The van der Waals surface area contributed by atoms with Gasteiger partial charge in [-0.1, -0.05) is 13.2 Å². The van der Waals surface area contributed by atoms with E-state index in [2.05, 4.69) is 13.2 Å². The van der Waals surface area contributed by atoms with Crippen LogP contribution in [0.4, 0.5) is 0 Å². The predicted octanol–water partition coefficient (Wildman–Crippen LogP) is -1.35. The summed E-state index contributed by atoms with van der Waals surface area (Å²) >= 11 is 0. The van der Waals surface area contributed by atoms with E-state index in [0.717, 1.165) is 12.2 Å². The molecule has 0 aliphatic heterocycles. The van der Waals surface area contributed by atoms with Crippen LogP contribution in [0.2, 0.25) is 0 Å². The fourth-order valence-corrected chi connectivity index (χ4v) is 0.590. The van der Waals surface area contributed by atoms with E-state index in [1.54, 1.807) is 13.8 Å². The van der Waals surface area contributed by atoms with Crippen LogP contribution in [-0.2, 0) is 23.9 Å². The van der Waals surface area contributed by atoms with Gasteiger partial charge in [0.05, 0.1) is 25.4 Å². The second-order valence-electron chi connectivity index (χ2n) is 3.84. The van der Waals surface area contributed by atoms with E-state index in [4.69, 9.17) is 14.9 Å². The van der Waals surface area contributed by atoms with Gasteiger partial charge >= 0.3 is 0 Å². The SMILES string of the molecule is C=CC(=O)NC=O.C=CC(=O)NC=O.CC(O)COC(C)CO. The van der Waals surface area contributed by atoms with Crippen molar-refractivity contribution in [1.29, 1.82) is 0 Å². The summed E-state index contributed by atoms with van der Waals surface area (Å²) in [7, 11) is 0. The molecule has 0 heterocycles. The molecule has 0 bridgehead atoms. The van der Waals surface area contributed by atoms with Gasteiger partial charge in [-0.25, -0.2) is 0 Å². The third-order valence-corrected chi connectivity index (χ3v) is 1.65. The second-order valence-corrected chi connectivity index (χ2v) is 3.84. The quantitative estimate of drug-likeness (QED) is 0.318. The van der Waals surface area contributed by atoms with Gasteiger partial charge in [-0.2, -0.15) is 0 Å². The summed E-state index contributed by atoms with van der Waals surface area (Å²) in [6.07, 6.45) is 2.05. The van der Waals surface area contributed by atoms with Crippen LogP contribution in [0.3, 0.4) is 0 Å². The van der Waals surface area contributed by atoms with Crippen molar-refractivity contribution in [2.75, 3.05) is 13.2 Å². The van der Waals surface area contributed by atoms with Crippen LogP contribution in [-0.4, -0.2) is 60.3 Å². The molecule has 0 aromatic carbocycles. The minimum absolute atomic E-state index is 0.00667. The lowest BCUT2D eigenvalue weighted by atomic mass is 10.4. The highest BCUT2D eigenvalue weighted by molar-refractivity contribution is 5.94. The second kappa shape index (κ2) is 19.6. The highest BCUT2D eigenvalue weighted by Gasteiger charge is 2.00. The number of aliphatic hydroxyl groups excluding tert-OH is 2. The van der Waals surface area contributed by atoms with Gasteiger partial charge in [-0.05, 0) is 26.0 Å². The zero-order valence-electron chi connectivity index (χ0n) is 13.2. The van der Waals surface area contributed by atoms with Crippen LogP contribution < -0.4 is 10.6 Å². The average Bonchev–Trinajstić information content (AvgIpc) is 2.54. The molecule has 0 spiro atoms. The van der Waals surface area contributed by atoms with Gasteiger partial charge in [0.15, 0.2) is 0 Å². The van der Waals surface area contributed by atoms with Crippen LogP contribution in [0, 0.1) is 0 Å². The zero-order chi connectivity index (χ0) is 18.7. The van der Waals surface area contributed by atoms with E-state index in [1.165, 1.54) is 0 Å². The van der Waals surface area contributed by atoms with Crippen LogP contribution in [0.5, 0.6) is 0 Å². The molecule has 4 amide bonds. The molecule has 9 heteroatoms. The third-order valence-electron chi connectivity index (χ3n) is 1.65. The first-order valence-electron chi connectivity index (χ1n) is 6.42. The van der Waals surface area contributed by atoms with Gasteiger partial charge in [-0.15, -0.1) is 0 Å². The Labute approximate surface area is 135 Å². The number of aliphatic hydroxyl groups is 2. The lowest BCUT2D eigenvalue weighted by Gasteiger charge is -2.10. The summed E-state index contributed by atoms with van der Waals surface area (Å²) in [5, 5.41) is 20.8. The third kappa shape index (κ3) is 28.5. The number of nitrogens with one attached hydrogen (secondary N) is 2. The van der Waals surface area contributed by atoms with Crippen molar-refractivity contribution in [3.63, 3.8) is 0 Å². The normalized spacial score (nSPS) is 11.0. The number of rotatable bonds is 8. The zero-order valence-corrected chi connectivity index (χ0v) is 13.2. The average molecular weight is 332 g/mol. The number of hydrogen-bond donors (Lipinski definition) is 4. The molecular weight excluding hydrogens is 308 g/mol. The first kappa shape index (κ1) is 25.6. The molecule has 0 radical (unpaired) electrons. The summed E-state index contributed by atoms with van der Waals surface area (Å²) in [4.78, 5) is 38.7. The Hall–Kier alpha value is -2.36. The lowest BCUT2D eigenvalue weighted by Crippen LogP contribution is -2.19. The Kier molecular flexibility index (Phi) is 21.8. The first-order chi connectivity index (χ1) is 10.8. The summed E-state index contributed by atoms with van der Waals surface area (Å²) in [5.41, 5.74) is 0. The molecule has 0 aromatic rings. The maximum absolute atomic E-state index is 9.95. The summed E-state index contributed by atoms with van der Waals surface area (Å²) < 4.78 is 4.95. The van der Waals surface area contributed by atoms with Crippen LogP contribution >= 0.6 is 0 Å². The van der Waals surface area contributed by atoms with Crippen LogP contribution in [0.15, 0.2) is 25.3 Å². The van der Waals surface area contributed by atoms with Gasteiger partial charge in [-0.3, -0.25) is 29.8 Å². The number of carbonyl (C=O) groups is 4. The van der Waals surface area contributed by atoms with E-state index >= 15 is 0 Å². The molecule has 0 fully saturated rings. The maximum atomic E-state index is 9.95. The molecule has 2 atom stereocenters. The number of imide groups is 2. The van der Waals surface area contributed by atoms with Gasteiger partial charge < -0.3 is 14.9 Å². The van der Waals surface area contributed by atoms with Gasteiger partial charge in [0.2, 0.25) is 24.6 Å². The predicted molar refractivity (Wildman–Crippen MR) is 83.0 cm³/mol. The first-order valence-corrected chi connectivity index (χ1v) is 6.42. The summed E-state index contributed by atoms with van der Waals surface area (Å²) in [6.45, 7) is 9.91. The minimum atomic E-state index is -0.477. The number of ether oxygens (including phenoxy) is 1. The Bertz CT molecular complexity index is 344. The van der Waals surface area contributed by atoms with Crippen molar-refractivity contribution in [3.8, 4) is 0 Å². The Morgan fingerprint density at radius 2 is 1.48 bits per heavy atom. The highest BCUT2D eigenvalue weighted by Crippen LogP contribution is 1.90. The maximum Gasteiger partial charge on any atom is 0.249 e. The van der Waals surface area contributed by atoms with E-state index in [9.17, 15) is 19.2 Å². The lowest BCUT2D eigenvalue weighted by molar-refractivity contribution is -0.123. The monoisotopic (exact) mass is 332 g/mol. The molecule has 9 nitrogen and oxygen atoms in total. The molecule has 0 rings (SSSR count). The van der Waals surface area contributed by atoms with Crippen LogP contribution in [0.25, 0.3) is 0 Å².